The van der Waals surface area contributed by atoms with Crippen LogP contribution in [-0.4, -0.2) is 56.6 Å². The SMILES string of the molecule is CC(c1[nH]c2ccccc2c1C=O)c1coc2ccccc12.COC(=O)c1c(C(C2=CCc3ccccc32)C2CC2)[nH]c2ccccc12.O=C(O)C(O)Cc1c(CC2=CCc3ccccc32)[nH]c2ccccc12. The van der Waals surface area contributed by atoms with Crippen LogP contribution in [0.1, 0.15) is 103 Å². The highest BCUT2D eigenvalue weighted by molar-refractivity contribution is 6.06. The summed E-state index contributed by atoms with van der Waals surface area (Å²) in [5.74, 6) is -0.586. The van der Waals surface area contributed by atoms with Crippen LogP contribution in [0.3, 0.4) is 0 Å². The minimum absolute atomic E-state index is 0.0521. The standard InChI is InChI=1S/C23H21NO2.C21H19NO3.C19H15NO2/c1-26-23(25)21-18-8-4-5-9-19(18)24-22(21)20(15-10-11-15)17-13-12-14-6-2-3-7-16(14)17;23-20(21(24)25)12-17-16-7-3-4-8-18(16)22-19(17)11-14-10-9-13-5-1-2-6-15(13)14;1-12(16-11-22-18-9-5-3-7-14(16)18)19-15(10-21)13-6-2-4-8-17(13)20-19/h2-9,13,15,20,24H,10-12H2,1H3;1-8,10,20,22-23H,9,11-12H2,(H,24,25);2-12,20H,1H3. The molecular formula is C63H55N3O7. The Labute approximate surface area is 422 Å². The predicted molar refractivity (Wildman–Crippen MR) is 288 cm³/mol. The molecule has 4 heterocycles. The average molecular weight is 966 g/mol. The van der Waals surface area contributed by atoms with Gasteiger partial charge in [0, 0.05) is 91.0 Å². The maximum absolute atomic E-state index is 12.7. The molecule has 1 saturated carbocycles. The van der Waals surface area contributed by atoms with Crippen LogP contribution in [0.25, 0.3) is 54.8 Å². The summed E-state index contributed by atoms with van der Waals surface area (Å²) in [5, 5.41) is 22.9. The van der Waals surface area contributed by atoms with Crippen molar-refractivity contribution in [1.29, 1.82) is 0 Å². The molecule has 10 heteroatoms. The zero-order chi connectivity index (χ0) is 50.2. The number of aromatic nitrogens is 3. The van der Waals surface area contributed by atoms with Gasteiger partial charge in [-0.3, -0.25) is 4.79 Å². The number of carboxylic acid groups (broad SMARTS) is 1. The van der Waals surface area contributed by atoms with E-state index in [1.807, 2.05) is 109 Å². The lowest BCUT2D eigenvalue weighted by Crippen LogP contribution is -2.22. The highest BCUT2D eigenvalue weighted by atomic mass is 16.5. The van der Waals surface area contributed by atoms with Gasteiger partial charge in [-0.2, -0.15) is 0 Å². The van der Waals surface area contributed by atoms with Gasteiger partial charge in [0.15, 0.2) is 12.4 Å². The number of benzene rings is 6. The molecule has 5 N–H and O–H groups in total. The highest BCUT2D eigenvalue weighted by Crippen LogP contribution is 2.53. The van der Waals surface area contributed by atoms with Crippen molar-refractivity contribution in [2.75, 3.05) is 7.11 Å². The van der Waals surface area contributed by atoms with Crippen LogP contribution >= 0.6 is 0 Å². The van der Waals surface area contributed by atoms with Gasteiger partial charge in [0.1, 0.15) is 5.58 Å². The number of carboxylic acids is 1. The molecule has 3 atom stereocenters. The fourth-order valence-electron chi connectivity index (χ4n) is 11.2. The molecule has 0 radical (unpaired) electrons. The van der Waals surface area contributed by atoms with E-state index in [0.717, 1.165) is 96.6 Å². The number of aromatic amines is 3. The summed E-state index contributed by atoms with van der Waals surface area (Å²) in [7, 11) is 1.46. The van der Waals surface area contributed by atoms with Crippen molar-refractivity contribution in [2.45, 2.75) is 63.4 Å². The van der Waals surface area contributed by atoms with Crippen LogP contribution in [-0.2, 0) is 35.2 Å². The van der Waals surface area contributed by atoms with Crippen molar-refractivity contribution in [1.82, 2.24) is 15.0 Å². The molecule has 10 aromatic rings. The molecule has 0 saturated heterocycles. The number of ether oxygens (including phenoxy) is 1. The number of rotatable bonds is 12. The Kier molecular flexibility index (Phi) is 12.8. The zero-order valence-electron chi connectivity index (χ0n) is 40.7. The summed E-state index contributed by atoms with van der Waals surface area (Å²) < 4.78 is 10.8. The van der Waals surface area contributed by atoms with Crippen LogP contribution in [0.5, 0.6) is 0 Å². The Bertz CT molecular complexity index is 3780. The summed E-state index contributed by atoms with van der Waals surface area (Å²) in [6.45, 7) is 2.09. The van der Waals surface area contributed by atoms with Crippen molar-refractivity contribution < 1.29 is 33.8 Å². The number of methoxy groups -OCH3 is 1. The van der Waals surface area contributed by atoms with E-state index in [0.29, 0.717) is 17.9 Å². The first kappa shape index (κ1) is 46.9. The molecule has 0 amide bonds. The number of furan rings is 1. The highest BCUT2D eigenvalue weighted by Gasteiger charge is 2.40. The number of allylic oxidation sites excluding steroid dienone is 4. The van der Waals surface area contributed by atoms with Gasteiger partial charge in [0.2, 0.25) is 0 Å². The van der Waals surface area contributed by atoms with Gasteiger partial charge >= 0.3 is 11.9 Å². The largest absolute Gasteiger partial charge is 0.479 e. The van der Waals surface area contributed by atoms with E-state index in [4.69, 9.17) is 14.3 Å². The number of para-hydroxylation sites is 4. The van der Waals surface area contributed by atoms with E-state index >= 15 is 0 Å². The van der Waals surface area contributed by atoms with Gasteiger partial charge < -0.3 is 34.3 Å². The van der Waals surface area contributed by atoms with E-state index in [9.17, 15) is 19.5 Å². The molecule has 0 bridgehead atoms. The van der Waals surface area contributed by atoms with Crippen LogP contribution in [0, 0.1) is 5.92 Å². The maximum atomic E-state index is 12.7. The van der Waals surface area contributed by atoms with Crippen molar-refractivity contribution in [3.8, 4) is 0 Å². The lowest BCUT2D eigenvalue weighted by Gasteiger charge is -2.20. The topological polar surface area (TPSA) is 161 Å². The molecule has 6 aromatic carbocycles. The van der Waals surface area contributed by atoms with Gasteiger partial charge in [0.25, 0.3) is 0 Å². The third-order valence-electron chi connectivity index (χ3n) is 14.9. The number of aliphatic carboxylic acids is 1. The molecule has 0 aliphatic heterocycles. The van der Waals surface area contributed by atoms with E-state index in [1.54, 1.807) is 6.26 Å². The van der Waals surface area contributed by atoms with Crippen LogP contribution < -0.4 is 0 Å². The van der Waals surface area contributed by atoms with Gasteiger partial charge in [0.05, 0.1) is 18.9 Å². The van der Waals surface area contributed by atoms with Crippen LogP contribution in [0.2, 0.25) is 0 Å². The average Bonchev–Trinajstić information content (AvgIpc) is 3.94. The second-order valence-corrected chi connectivity index (χ2v) is 19.3. The molecule has 0 spiro atoms. The summed E-state index contributed by atoms with van der Waals surface area (Å²) >= 11 is 0. The number of hydrogen-bond donors (Lipinski definition) is 5. The molecule has 4 aromatic heterocycles. The maximum Gasteiger partial charge on any atom is 0.340 e. The fraction of sp³-hybridized carbons (Fsp3) is 0.190. The molecule has 3 unspecified atom stereocenters. The number of H-pyrrole nitrogens is 3. The van der Waals surface area contributed by atoms with E-state index in [2.05, 4.69) is 70.4 Å². The normalized spacial score (nSPS) is 14.8. The third-order valence-corrected chi connectivity index (χ3v) is 14.9. The first-order valence-corrected chi connectivity index (χ1v) is 25.0. The number of fused-ring (bicyclic) bond motifs is 6. The number of nitrogens with one attached hydrogen (secondary N) is 3. The van der Waals surface area contributed by atoms with Crippen molar-refractivity contribution >= 4 is 73.0 Å². The van der Waals surface area contributed by atoms with Crippen LogP contribution in [0.15, 0.2) is 168 Å². The molecular weight excluding hydrogens is 911 g/mol. The first-order chi connectivity index (χ1) is 35.7. The summed E-state index contributed by atoms with van der Waals surface area (Å²) in [5.41, 5.74) is 18.0. The number of carbonyl (C=O) groups is 3. The van der Waals surface area contributed by atoms with Crippen LogP contribution in [0.4, 0.5) is 0 Å². The molecule has 1 fully saturated rings. The Morgan fingerprint density at radius 1 is 0.699 bits per heavy atom. The number of carbonyl (C=O) groups excluding carboxylic acids is 2. The number of aliphatic hydroxyl groups excluding tert-OH is 1. The molecule has 3 aliphatic rings. The number of aldehydes is 1. The molecule has 13 rings (SSSR count). The zero-order valence-corrected chi connectivity index (χ0v) is 40.7. The van der Waals surface area contributed by atoms with Gasteiger partial charge in [-0.05, 0) is 94.8 Å². The van der Waals surface area contributed by atoms with Crippen molar-refractivity contribution in [3.05, 3.63) is 226 Å². The Morgan fingerprint density at radius 2 is 1.27 bits per heavy atom. The number of esters is 1. The third kappa shape index (κ3) is 8.99. The summed E-state index contributed by atoms with van der Waals surface area (Å²) in [4.78, 5) is 45.7. The smallest absolute Gasteiger partial charge is 0.340 e. The summed E-state index contributed by atoms with van der Waals surface area (Å²) in [6.07, 6.45) is 11.0. The van der Waals surface area contributed by atoms with Gasteiger partial charge in [-0.15, -0.1) is 0 Å². The molecule has 10 nitrogen and oxygen atoms in total. The van der Waals surface area contributed by atoms with E-state index < -0.39 is 12.1 Å². The number of aliphatic hydroxyl groups is 1. The van der Waals surface area contributed by atoms with E-state index in [1.165, 1.54) is 53.4 Å². The fourth-order valence-corrected chi connectivity index (χ4v) is 11.2. The predicted octanol–water partition coefficient (Wildman–Crippen LogP) is 13.3. The minimum Gasteiger partial charge on any atom is -0.479 e. The summed E-state index contributed by atoms with van der Waals surface area (Å²) in [6, 6.07) is 48.7. The Hall–Kier alpha value is -8.47. The minimum atomic E-state index is -1.40. The Balaban J connectivity index is 0.000000118. The molecule has 364 valence electrons. The monoisotopic (exact) mass is 965 g/mol. The lowest BCUT2D eigenvalue weighted by molar-refractivity contribution is -0.146. The Morgan fingerprint density at radius 3 is 1.97 bits per heavy atom. The second kappa shape index (κ2) is 20.0. The first-order valence-electron chi connectivity index (χ1n) is 25.0. The second-order valence-electron chi connectivity index (χ2n) is 19.3. The molecule has 73 heavy (non-hydrogen) atoms. The quantitative estimate of drug-likeness (QED) is 0.0601. The molecule has 3 aliphatic carbocycles. The van der Waals surface area contributed by atoms with Crippen molar-refractivity contribution in [2.24, 2.45) is 5.92 Å². The number of hydrogen-bond acceptors (Lipinski definition) is 6. The van der Waals surface area contributed by atoms with Gasteiger partial charge in [-0.1, -0.05) is 140 Å². The van der Waals surface area contributed by atoms with E-state index in [-0.39, 0.29) is 24.2 Å². The van der Waals surface area contributed by atoms with Crippen molar-refractivity contribution in [3.63, 3.8) is 0 Å². The van der Waals surface area contributed by atoms with Gasteiger partial charge in [-0.25, -0.2) is 9.59 Å². The lowest BCUT2D eigenvalue weighted by atomic mass is 9.85.